The van der Waals surface area contributed by atoms with Gasteiger partial charge in [-0.1, -0.05) is 24.3 Å². The van der Waals surface area contributed by atoms with E-state index in [1.165, 1.54) is 18.3 Å². The van der Waals surface area contributed by atoms with E-state index in [2.05, 4.69) is 39.8 Å². The molecule has 0 fully saturated rings. The molecule has 0 aliphatic heterocycles. The first-order valence-corrected chi connectivity index (χ1v) is 8.80. The molecule has 0 aliphatic rings. The van der Waals surface area contributed by atoms with Gasteiger partial charge in [-0.25, -0.2) is 4.39 Å². The Bertz CT molecular complexity index is 918. The van der Waals surface area contributed by atoms with Gasteiger partial charge in [0.2, 0.25) is 0 Å². The summed E-state index contributed by atoms with van der Waals surface area (Å²) in [7, 11) is 4.00. The maximum Gasteiger partial charge on any atom is 0.255 e. The molecule has 6 heteroatoms. The van der Waals surface area contributed by atoms with Crippen LogP contribution in [0.2, 0.25) is 0 Å². The van der Waals surface area contributed by atoms with E-state index in [0.717, 1.165) is 11.3 Å². The van der Waals surface area contributed by atoms with Gasteiger partial charge >= 0.3 is 0 Å². The van der Waals surface area contributed by atoms with Gasteiger partial charge in [0.05, 0.1) is 17.5 Å². The lowest BCUT2D eigenvalue weighted by Gasteiger charge is -2.16. The highest BCUT2D eigenvalue weighted by Gasteiger charge is 2.17. The second-order valence-corrected chi connectivity index (χ2v) is 6.81. The number of rotatable bonds is 6. The lowest BCUT2D eigenvalue weighted by atomic mass is 10.0. The number of aromatic amines is 1. The number of carbonyl (C=O) groups is 1. The number of amides is 1. The third-order valence-corrected chi connectivity index (χ3v) is 4.37. The molecule has 2 N–H and O–H groups in total. The van der Waals surface area contributed by atoms with Crippen LogP contribution in [0.5, 0.6) is 0 Å². The quantitative estimate of drug-likeness (QED) is 0.700. The highest BCUT2D eigenvalue weighted by atomic mass is 19.1. The Balaban J connectivity index is 1.68. The van der Waals surface area contributed by atoms with Crippen LogP contribution in [0.15, 0.2) is 54.7 Å². The van der Waals surface area contributed by atoms with Crippen molar-refractivity contribution in [2.75, 3.05) is 19.0 Å². The second-order valence-electron chi connectivity index (χ2n) is 6.81. The summed E-state index contributed by atoms with van der Waals surface area (Å²) in [5.74, 6) is -0.594. The van der Waals surface area contributed by atoms with Gasteiger partial charge in [-0.05, 0) is 43.2 Å². The van der Waals surface area contributed by atoms with Crippen molar-refractivity contribution < 1.29 is 9.18 Å². The molecule has 1 heterocycles. The number of hydrogen-bond acceptors (Lipinski definition) is 3. The van der Waals surface area contributed by atoms with Gasteiger partial charge in [-0.2, -0.15) is 5.10 Å². The van der Waals surface area contributed by atoms with Crippen molar-refractivity contribution >= 4 is 11.6 Å². The minimum atomic E-state index is -0.358. The smallest absolute Gasteiger partial charge is 0.255 e. The fourth-order valence-corrected chi connectivity index (χ4v) is 2.96. The maximum absolute atomic E-state index is 13.5. The number of carbonyl (C=O) groups excluding carboxylic acids is 1. The fraction of sp³-hybridized carbons (Fsp3) is 0.238. The molecular weight excluding hydrogens is 343 g/mol. The topological polar surface area (TPSA) is 61.0 Å². The fourth-order valence-electron chi connectivity index (χ4n) is 2.96. The van der Waals surface area contributed by atoms with Crippen molar-refractivity contribution in [1.82, 2.24) is 15.5 Å². The van der Waals surface area contributed by atoms with Crippen LogP contribution in [0.25, 0.3) is 11.3 Å². The SMILES string of the molecule is C[C@@H](Cc1ccc(N(C)C)cc1)NC(=O)c1cn[nH]c1-c1cccc(F)c1. The summed E-state index contributed by atoms with van der Waals surface area (Å²) in [4.78, 5) is 14.7. The molecule has 0 spiro atoms. The highest BCUT2D eigenvalue weighted by Crippen LogP contribution is 2.22. The number of halogens is 1. The lowest BCUT2D eigenvalue weighted by molar-refractivity contribution is 0.0941. The van der Waals surface area contributed by atoms with Gasteiger partial charge in [-0.15, -0.1) is 0 Å². The van der Waals surface area contributed by atoms with Crippen LogP contribution in [0.4, 0.5) is 10.1 Å². The molecule has 3 rings (SSSR count). The average molecular weight is 366 g/mol. The number of hydrogen-bond donors (Lipinski definition) is 2. The van der Waals surface area contributed by atoms with E-state index in [4.69, 9.17) is 0 Å². The van der Waals surface area contributed by atoms with Crippen LogP contribution in [0.1, 0.15) is 22.8 Å². The Morgan fingerprint density at radius 2 is 1.96 bits per heavy atom. The number of anilines is 1. The maximum atomic E-state index is 13.5. The minimum absolute atomic E-state index is 0.0574. The molecule has 140 valence electrons. The summed E-state index contributed by atoms with van der Waals surface area (Å²) in [6.45, 7) is 1.96. The average Bonchev–Trinajstić information content (AvgIpc) is 3.12. The summed E-state index contributed by atoms with van der Waals surface area (Å²) < 4.78 is 13.5. The Morgan fingerprint density at radius 3 is 2.63 bits per heavy atom. The minimum Gasteiger partial charge on any atom is -0.378 e. The van der Waals surface area contributed by atoms with Crippen molar-refractivity contribution in [3.05, 3.63) is 71.7 Å². The largest absolute Gasteiger partial charge is 0.378 e. The van der Waals surface area contributed by atoms with Gasteiger partial charge in [0.15, 0.2) is 0 Å². The van der Waals surface area contributed by atoms with Crippen LogP contribution in [-0.4, -0.2) is 36.2 Å². The van der Waals surface area contributed by atoms with E-state index in [-0.39, 0.29) is 17.8 Å². The van der Waals surface area contributed by atoms with Crippen molar-refractivity contribution in [2.45, 2.75) is 19.4 Å². The predicted molar refractivity (Wildman–Crippen MR) is 105 cm³/mol. The Hall–Kier alpha value is -3.15. The van der Waals surface area contributed by atoms with Crippen LogP contribution in [0, 0.1) is 5.82 Å². The highest BCUT2D eigenvalue weighted by molar-refractivity contribution is 5.99. The van der Waals surface area contributed by atoms with E-state index >= 15 is 0 Å². The van der Waals surface area contributed by atoms with E-state index in [0.29, 0.717) is 23.2 Å². The first-order chi connectivity index (χ1) is 12.9. The molecule has 2 aromatic carbocycles. The number of H-pyrrole nitrogens is 1. The molecule has 27 heavy (non-hydrogen) atoms. The van der Waals surface area contributed by atoms with Crippen LogP contribution < -0.4 is 10.2 Å². The van der Waals surface area contributed by atoms with Gasteiger partial charge < -0.3 is 10.2 Å². The first-order valence-electron chi connectivity index (χ1n) is 8.80. The zero-order valence-corrected chi connectivity index (χ0v) is 15.7. The molecule has 0 aliphatic carbocycles. The molecule has 0 bridgehead atoms. The lowest BCUT2D eigenvalue weighted by Crippen LogP contribution is -2.34. The Kier molecular flexibility index (Phi) is 5.54. The van der Waals surface area contributed by atoms with Crippen molar-refractivity contribution in [3.63, 3.8) is 0 Å². The van der Waals surface area contributed by atoms with Crippen LogP contribution >= 0.6 is 0 Å². The molecule has 0 saturated carbocycles. The molecule has 0 radical (unpaired) electrons. The molecule has 1 aromatic heterocycles. The third-order valence-electron chi connectivity index (χ3n) is 4.37. The van der Waals surface area contributed by atoms with Crippen molar-refractivity contribution in [1.29, 1.82) is 0 Å². The summed E-state index contributed by atoms with van der Waals surface area (Å²) in [5, 5.41) is 9.73. The Morgan fingerprint density at radius 1 is 1.22 bits per heavy atom. The van der Waals surface area contributed by atoms with E-state index in [1.54, 1.807) is 12.1 Å². The van der Waals surface area contributed by atoms with E-state index in [9.17, 15) is 9.18 Å². The molecular formula is C21H23FN4O. The predicted octanol–water partition coefficient (Wildman–Crippen LogP) is 3.64. The normalized spacial score (nSPS) is 11.9. The zero-order valence-electron chi connectivity index (χ0n) is 15.7. The molecule has 5 nitrogen and oxygen atoms in total. The van der Waals surface area contributed by atoms with Crippen LogP contribution in [-0.2, 0) is 6.42 Å². The van der Waals surface area contributed by atoms with Gasteiger partial charge in [0, 0.05) is 31.4 Å². The number of aromatic nitrogens is 2. The molecule has 1 amide bonds. The summed E-state index contributed by atoms with van der Waals surface area (Å²) in [5.41, 5.74) is 3.77. The third kappa shape index (κ3) is 4.53. The van der Waals surface area contributed by atoms with Crippen molar-refractivity contribution in [2.24, 2.45) is 0 Å². The number of benzene rings is 2. The second kappa shape index (κ2) is 8.03. The van der Waals surface area contributed by atoms with Gasteiger partial charge in [-0.3, -0.25) is 9.89 Å². The Labute approximate surface area is 158 Å². The molecule has 1 atom stereocenters. The van der Waals surface area contributed by atoms with E-state index < -0.39 is 0 Å². The number of nitrogens with one attached hydrogen (secondary N) is 2. The summed E-state index contributed by atoms with van der Waals surface area (Å²) >= 11 is 0. The van der Waals surface area contributed by atoms with Crippen LogP contribution in [0.3, 0.4) is 0 Å². The standard InChI is InChI=1S/C21H23FN4O/c1-14(11-15-7-9-18(10-8-15)26(2)3)24-21(27)19-13-23-25-20(19)16-5-4-6-17(22)12-16/h4-10,12-14H,11H2,1-3H3,(H,23,25)(H,24,27)/t14-/m0/s1. The monoisotopic (exact) mass is 366 g/mol. The van der Waals surface area contributed by atoms with E-state index in [1.807, 2.05) is 25.9 Å². The first kappa shape index (κ1) is 18.6. The summed E-state index contributed by atoms with van der Waals surface area (Å²) in [6.07, 6.45) is 2.18. The summed E-state index contributed by atoms with van der Waals surface area (Å²) in [6, 6.07) is 14.3. The van der Waals surface area contributed by atoms with Crippen molar-refractivity contribution in [3.8, 4) is 11.3 Å². The van der Waals surface area contributed by atoms with Gasteiger partial charge in [0.1, 0.15) is 5.82 Å². The molecule has 3 aromatic rings. The molecule has 0 saturated heterocycles. The number of nitrogens with zero attached hydrogens (tertiary/aromatic N) is 2. The molecule has 0 unspecified atom stereocenters. The zero-order chi connectivity index (χ0) is 19.4. The van der Waals surface area contributed by atoms with Gasteiger partial charge in [0.25, 0.3) is 5.91 Å².